The van der Waals surface area contributed by atoms with Crippen molar-refractivity contribution in [2.45, 2.75) is 0 Å². The Balaban J connectivity index is 2.95. The Hall–Kier alpha value is -1.25. The van der Waals surface area contributed by atoms with E-state index in [1.54, 1.807) is 0 Å². The van der Waals surface area contributed by atoms with Crippen LogP contribution in [0, 0.1) is 0 Å². The summed E-state index contributed by atoms with van der Waals surface area (Å²) in [5.74, 6) is -1.00. The maximum absolute atomic E-state index is 12.1. The summed E-state index contributed by atoms with van der Waals surface area (Å²) < 4.78 is 12.1. The number of dihydropyridines is 1. The Morgan fingerprint density at radius 3 is 2.78 bits per heavy atom. The average molecular weight is 125 g/mol. The zero-order valence-corrected chi connectivity index (χ0v) is 4.60. The van der Waals surface area contributed by atoms with Gasteiger partial charge in [-0.1, -0.05) is 6.58 Å². The number of aliphatic imine (C=N–C) groups is 1. The molecule has 0 atom stereocenters. The summed E-state index contributed by atoms with van der Waals surface area (Å²) in [4.78, 5) is 13.6. The van der Waals surface area contributed by atoms with E-state index in [0.29, 0.717) is 0 Å². The van der Waals surface area contributed by atoms with Crippen molar-refractivity contribution in [1.29, 1.82) is 0 Å². The summed E-state index contributed by atoms with van der Waals surface area (Å²) in [6.07, 6.45) is 1.92. The van der Waals surface area contributed by atoms with Crippen LogP contribution in [0.3, 0.4) is 0 Å². The molecule has 2 nitrogen and oxygen atoms in total. The van der Waals surface area contributed by atoms with Gasteiger partial charge in [-0.3, -0.25) is 4.79 Å². The molecule has 1 aliphatic rings. The second-order valence-corrected chi connectivity index (χ2v) is 1.62. The van der Waals surface area contributed by atoms with Gasteiger partial charge >= 0.3 is 0 Å². The van der Waals surface area contributed by atoms with Gasteiger partial charge in [0.05, 0.1) is 6.21 Å². The van der Waals surface area contributed by atoms with Crippen molar-refractivity contribution in [3.05, 3.63) is 24.1 Å². The van der Waals surface area contributed by atoms with Crippen molar-refractivity contribution >= 4 is 12.1 Å². The van der Waals surface area contributed by atoms with Gasteiger partial charge in [0.15, 0.2) is 0 Å². The summed E-state index contributed by atoms with van der Waals surface area (Å²) in [6.45, 7) is 3.27. The lowest BCUT2D eigenvalue weighted by molar-refractivity contribution is -0.114. The van der Waals surface area contributed by atoms with E-state index in [-0.39, 0.29) is 5.57 Å². The third kappa shape index (κ3) is 1.10. The van der Waals surface area contributed by atoms with E-state index < -0.39 is 11.7 Å². The van der Waals surface area contributed by atoms with Crippen molar-refractivity contribution in [2.24, 2.45) is 4.99 Å². The van der Waals surface area contributed by atoms with E-state index >= 15 is 0 Å². The van der Waals surface area contributed by atoms with Crippen LogP contribution >= 0.6 is 0 Å². The molecule has 0 unspecified atom stereocenters. The van der Waals surface area contributed by atoms with Crippen LogP contribution in [0.5, 0.6) is 0 Å². The Kier molecular flexibility index (Phi) is 1.26. The van der Waals surface area contributed by atoms with Crippen LogP contribution < -0.4 is 0 Å². The number of rotatable bonds is 0. The third-order valence-electron chi connectivity index (χ3n) is 0.892. The molecule has 3 heteroatoms. The zero-order valence-electron chi connectivity index (χ0n) is 4.60. The molecular formula is C6H4FNO. The van der Waals surface area contributed by atoms with Crippen LogP contribution in [0.4, 0.5) is 4.39 Å². The lowest BCUT2D eigenvalue weighted by Gasteiger charge is -1.96. The molecule has 0 radical (unpaired) electrons. The molecule has 0 aromatic rings. The Labute approximate surface area is 51.4 Å². The van der Waals surface area contributed by atoms with Gasteiger partial charge in [0.2, 0.25) is 0 Å². The normalized spacial score (nSPS) is 18.1. The average Bonchev–Trinajstić information content (AvgIpc) is 1.80. The summed E-state index contributed by atoms with van der Waals surface area (Å²) in [7, 11) is 0. The largest absolute Gasteiger partial charge is 0.276 e. The lowest BCUT2D eigenvalue weighted by Crippen LogP contribution is -2.00. The molecule has 0 fully saturated rings. The van der Waals surface area contributed by atoms with Gasteiger partial charge in [-0.2, -0.15) is 0 Å². The maximum Gasteiger partial charge on any atom is 0.276 e. The highest BCUT2D eigenvalue weighted by molar-refractivity contribution is 6.05. The van der Waals surface area contributed by atoms with Gasteiger partial charge in [0.1, 0.15) is 5.83 Å². The van der Waals surface area contributed by atoms with Crippen LogP contribution in [0.15, 0.2) is 29.0 Å². The van der Waals surface area contributed by atoms with E-state index in [1.165, 1.54) is 0 Å². The van der Waals surface area contributed by atoms with Gasteiger partial charge in [-0.25, -0.2) is 9.38 Å². The van der Waals surface area contributed by atoms with Crippen molar-refractivity contribution < 1.29 is 9.18 Å². The van der Waals surface area contributed by atoms with Gasteiger partial charge in [-0.15, -0.1) is 0 Å². The van der Waals surface area contributed by atoms with Gasteiger partial charge in [-0.05, 0) is 6.08 Å². The Bertz CT molecular complexity index is 227. The van der Waals surface area contributed by atoms with Crippen LogP contribution in [-0.4, -0.2) is 12.1 Å². The summed E-state index contributed by atoms with van der Waals surface area (Å²) >= 11 is 0. The van der Waals surface area contributed by atoms with Crippen molar-refractivity contribution in [3.63, 3.8) is 0 Å². The quantitative estimate of drug-likeness (QED) is 0.444. The topological polar surface area (TPSA) is 29.4 Å². The first-order valence-corrected chi connectivity index (χ1v) is 2.34. The molecule has 0 aromatic carbocycles. The first-order chi connectivity index (χ1) is 4.20. The van der Waals surface area contributed by atoms with Crippen molar-refractivity contribution in [1.82, 2.24) is 0 Å². The minimum atomic E-state index is -0.528. The van der Waals surface area contributed by atoms with Crippen LogP contribution in [0.1, 0.15) is 0 Å². The van der Waals surface area contributed by atoms with Crippen LogP contribution in [-0.2, 0) is 4.79 Å². The lowest BCUT2D eigenvalue weighted by atomic mass is 10.2. The van der Waals surface area contributed by atoms with Gasteiger partial charge < -0.3 is 0 Å². The summed E-state index contributed by atoms with van der Waals surface area (Å²) in [5.41, 5.74) is 0.0926. The molecule has 0 N–H and O–H groups in total. The molecule has 0 bridgehead atoms. The molecule has 1 amide bonds. The van der Waals surface area contributed by atoms with E-state index in [9.17, 15) is 9.18 Å². The second-order valence-electron chi connectivity index (χ2n) is 1.62. The fourth-order valence-electron chi connectivity index (χ4n) is 0.469. The van der Waals surface area contributed by atoms with E-state index in [0.717, 1.165) is 12.3 Å². The molecule has 46 valence electrons. The predicted octanol–water partition coefficient (Wildman–Crippen LogP) is 1.01. The maximum atomic E-state index is 12.1. The molecule has 0 aliphatic carbocycles. The fourth-order valence-corrected chi connectivity index (χ4v) is 0.469. The number of nitrogens with zero attached hydrogens (tertiary/aromatic N) is 1. The van der Waals surface area contributed by atoms with E-state index in [4.69, 9.17) is 0 Å². The van der Waals surface area contributed by atoms with Crippen molar-refractivity contribution in [2.75, 3.05) is 0 Å². The molecule has 0 saturated heterocycles. The number of carbonyl (C=O) groups excluding carboxylic acids is 1. The van der Waals surface area contributed by atoms with E-state index in [2.05, 4.69) is 11.6 Å². The predicted molar refractivity (Wildman–Crippen MR) is 31.8 cm³/mol. The molecule has 1 heterocycles. The van der Waals surface area contributed by atoms with Crippen LogP contribution in [0.2, 0.25) is 0 Å². The summed E-state index contributed by atoms with van der Waals surface area (Å²) in [5, 5.41) is 0. The summed E-state index contributed by atoms with van der Waals surface area (Å²) in [6, 6.07) is 0. The Morgan fingerprint density at radius 2 is 2.33 bits per heavy atom. The highest BCUT2D eigenvalue weighted by Gasteiger charge is 2.07. The molecular weight excluding hydrogens is 121 g/mol. The van der Waals surface area contributed by atoms with Crippen molar-refractivity contribution in [3.8, 4) is 0 Å². The van der Waals surface area contributed by atoms with Crippen LogP contribution in [0.25, 0.3) is 0 Å². The monoisotopic (exact) mass is 125 g/mol. The SMILES string of the molecule is C=C1C=C(F)C=NC1=O. The number of carbonyl (C=O) groups is 1. The Morgan fingerprint density at radius 1 is 1.67 bits per heavy atom. The molecule has 0 saturated carbocycles. The van der Waals surface area contributed by atoms with E-state index in [1.807, 2.05) is 0 Å². The molecule has 9 heavy (non-hydrogen) atoms. The number of halogens is 1. The number of hydrogen-bond acceptors (Lipinski definition) is 1. The zero-order chi connectivity index (χ0) is 6.85. The highest BCUT2D eigenvalue weighted by Crippen LogP contribution is 2.07. The minimum absolute atomic E-state index is 0.0926. The first kappa shape index (κ1) is 5.88. The standard InChI is InChI=1S/C6H4FNO/c1-4-2-5(7)3-8-6(4)9/h2-3H,1H2. The third-order valence-corrected chi connectivity index (χ3v) is 0.892. The number of amides is 1. The van der Waals surface area contributed by atoms with Gasteiger partial charge in [0, 0.05) is 5.57 Å². The highest BCUT2D eigenvalue weighted by atomic mass is 19.1. The molecule has 0 spiro atoms. The molecule has 0 aromatic heterocycles. The minimum Gasteiger partial charge on any atom is -0.267 e. The molecule has 1 aliphatic heterocycles. The molecule has 1 rings (SSSR count). The van der Waals surface area contributed by atoms with Gasteiger partial charge in [0.25, 0.3) is 5.91 Å². The smallest absolute Gasteiger partial charge is 0.267 e. The number of allylic oxidation sites excluding steroid dienone is 1. The second kappa shape index (κ2) is 1.93. The first-order valence-electron chi connectivity index (χ1n) is 2.34. The fraction of sp³-hybridized carbons (Fsp3) is 0. The number of hydrogen-bond donors (Lipinski definition) is 0.